The minimum absolute atomic E-state index is 0.809. The van der Waals surface area contributed by atoms with Crippen molar-refractivity contribution in [2.45, 2.75) is 267 Å². The molecule has 0 atom stereocenters. The van der Waals surface area contributed by atoms with Gasteiger partial charge in [0, 0.05) is 11.1 Å². The molecule has 7 nitrogen and oxygen atoms in total. The average molecular weight is 1400 g/mol. The van der Waals surface area contributed by atoms with Gasteiger partial charge in [0.25, 0.3) is 0 Å². The molecule has 11 aliphatic heterocycles. The molecule has 0 spiro atoms. The summed E-state index contributed by atoms with van der Waals surface area (Å²) in [6, 6.07) is 61.7. The summed E-state index contributed by atoms with van der Waals surface area (Å²) < 4.78 is 47.5. The minimum atomic E-state index is -2.30. The Hall–Kier alpha value is -4.47. The molecule has 0 amide bonds. The molecule has 14 aliphatic rings. The summed E-state index contributed by atoms with van der Waals surface area (Å²) in [7, 11) is -13.6. The van der Waals surface area contributed by atoms with Crippen molar-refractivity contribution in [3.63, 3.8) is 0 Å². The van der Waals surface area contributed by atoms with Crippen LogP contribution in [0.4, 0.5) is 0 Å². The van der Waals surface area contributed by atoms with Crippen LogP contribution >= 0.6 is 0 Å². The number of aromatic nitrogens is 1. The predicted octanol–water partition coefficient (Wildman–Crippen LogP) is 24.5. The summed E-state index contributed by atoms with van der Waals surface area (Å²) in [5, 5.41) is 0. The zero-order chi connectivity index (χ0) is 69.4. The normalized spacial score (nSPS) is 24.1. The summed E-state index contributed by atoms with van der Waals surface area (Å²) in [5.41, 5.74) is 5.65. The van der Waals surface area contributed by atoms with Crippen LogP contribution in [0.2, 0.25) is 109 Å². The first-order valence-electron chi connectivity index (χ1n) is 38.0. The van der Waals surface area contributed by atoms with Gasteiger partial charge in [-0.2, -0.15) is 0 Å². The molecule has 19 rings (SSSR count). The highest BCUT2D eigenvalue weighted by atomic mass is 28.4. The number of nitrogens with zero attached hydrogens (tertiary/aromatic N) is 1. The first-order chi connectivity index (χ1) is 46.1. The van der Waals surface area contributed by atoms with Crippen LogP contribution in [0.5, 0.6) is 0 Å². The van der Waals surface area contributed by atoms with Gasteiger partial charge in [0.1, 0.15) is 33.6 Å². The lowest BCUT2D eigenvalue weighted by Gasteiger charge is -2.47. The molecule has 0 saturated heterocycles. The maximum Gasteiger partial charge on any atom is 0.194 e. The van der Waals surface area contributed by atoms with Crippen molar-refractivity contribution in [2.75, 3.05) is 0 Å². The van der Waals surface area contributed by atoms with Crippen LogP contribution in [0, 0.1) is 0 Å². The zero-order valence-corrected chi connectivity index (χ0v) is 68.5. The molecule has 96 heavy (non-hydrogen) atoms. The molecular weight excluding hydrogens is 1280 g/mol. The SMILES string of the molecule is CC[Si](CC)(CC)OC12C=CC(O[Si](CC)(CC)CC)(C=C1)c1ccc(cc1)C1(O[Si](CC)(CC)CC)C=CC(O[Si](CC)(CC)CC)(C=C1)c1ccc(cc1)C1(O[Si](CC)(CC)CC)C=CC(O[Si](CC)(CC)CC)(C=C1)c1ccc(cc1)-c1cccc(n1)-c1ccc2cc1. The maximum absolute atomic E-state index is 7.98. The van der Waals surface area contributed by atoms with Crippen molar-refractivity contribution in [2.24, 2.45) is 0 Å². The van der Waals surface area contributed by atoms with E-state index in [2.05, 4.69) is 313 Å². The van der Waals surface area contributed by atoms with E-state index in [-0.39, 0.29) is 0 Å². The average Bonchev–Trinajstić information content (AvgIpc) is 0.744. The Labute approximate surface area is 588 Å². The number of benzene rings is 4. The number of hydrogen-bond donors (Lipinski definition) is 0. The third-order valence-electron chi connectivity index (χ3n) is 25.0. The van der Waals surface area contributed by atoms with E-state index >= 15 is 0 Å². The molecule has 13 heteroatoms. The van der Waals surface area contributed by atoms with Gasteiger partial charge >= 0.3 is 0 Å². The molecule has 12 heterocycles. The van der Waals surface area contributed by atoms with E-state index in [1.807, 2.05) is 0 Å². The molecule has 0 fully saturated rings. The van der Waals surface area contributed by atoms with Crippen molar-refractivity contribution in [3.8, 4) is 22.5 Å². The summed E-state index contributed by atoms with van der Waals surface area (Å²) >= 11 is 0. The Bertz CT molecular complexity index is 3230. The molecule has 16 bridgehead atoms. The van der Waals surface area contributed by atoms with Gasteiger partial charge < -0.3 is 26.6 Å². The first-order valence-corrected chi connectivity index (χ1v) is 53.2. The lowest BCUT2D eigenvalue weighted by Crippen LogP contribution is -2.49. The van der Waals surface area contributed by atoms with Crippen LogP contribution in [0.25, 0.3) is 22.5 Å². The van der Waals surface area contributed by atoms with E-state index in [0.29, 0.717) is 0 Å². The fraction of sp³-hybridized carbons (Fsp3) is 0.506. The fourth-order valence-corrected chi connectivity index (χ4v) is 33.6. The molecule has 3 aliphatic carbocycles. The van der Waals surface area contributed by atoms with Gasteiger partial charge in [-0.3, -0.25) is 0 Å². The Kier molecular flexibility index (Phi) is 24.3. The smallest absolute Gasteiger partial charge is 0.194 e. The quantitative estimate of drug-likeness (QED) is 0.0335. The number of pyridine rings is 1. The minimum Gasteiger partial charge on any atom is -0.401 e. The third-order valence-corrected chi connectivity index (χ3v) is 52.8. The van der Waals surface area contributed by atoms with Crippen molar-refractivity contribution < 1.29 is 26.6 Å². The van der Waals surface area contributed by atoms with Gasteiger partial charge in [-0.25, -0.2) is 4.98 Å². The molecule has 0 N–H and O–H groups in total. The molecular formula is C83H121NO6Si6. The van der Waals surface area contributed by atoms with Crippen LogP contribution in [-0.4, -0.2) is 54.9 Å². The molecule has 0 unspecified atom stereocenters. The Morgan fingerprint density at radius 1 is 0.208 bits per heavy atom. The Balaban J connectivity index is 1.32. The van der Waals surface area contributed by atoms with Crippen LogP contribution in [0.15, 0.2) is 188 Å². The van der Waals surface area contributed by atoms with E-state index in [4.69, 9.17) is 31.5 Å². The Morgan fingerprint density at radius 2 is 0.344 bits per heavy atom. The summed E-state index contributed by atoms with van der Waals surface area (Å²) in [5.74, 6) is 0. The van der Waals surface area contributed by atoms with E-state index in [9.17, 15) is 0 Å². The molecule has 0 radical (unpaired) electrons. The number of rotatable bonds is 30. The van der Waals surface area contributed by atoms with Gasteiger partial charge in [-0.05, 0) is 227 Å². The lowest BCUT2D eigenvalue weighted by molar-refractivity contribution is 0.118. The predicted molar refractivity (Wildman–Crippen MR) is 423 cm³/mol. The van der Waals surface area contributed by atoms with Gasteiger partial charge in [0.15, 0.2) is 49.9 Å². The fourth-order valence-electron chi connectivity index (χ4n) is 16.2. The van der Waals surface area contributed by atoms with E-state index in [1.165, 1.54) is 0 Å². The monoisotopic (exact) mass is 1400 g/mol. The highest BCUT2D eigenvalue weighted by Crippen LogP contribution is 2.52. The van der Waals surface area contributed by atoms with Gasteiger partial charge in [-0.15, -0.1) is 0 Å². The van der Waals surface area contributed by atoms with Crippen LogP contribution in [-0.2, 0) is 60.2 Å². The van der Waals surface area contributed by atoms with E-state index in [0.717, 1.165) is 165 Å². The highest BCUT2D eigenvalue weighted by molar-refractivity contribution is 6.76. The molecule has 518 valence electrons. The van der Waals surface area contributed by atoms with E-state index < -0.39 is 83.5 Å². The largest absolute Gasteiger partial charge is 0.401 e. The summed E-state index contributed by atoms with van der Waals surface area (Å²) in [6.45, 7) is 42.1. The van der Waals surface area contributed by atoms with E-state index in [1.54, 1.807) is 0 Å². The standard InChI is InChI=1S/C83H121NO6Si6/c1-19-91(20-2,21-3)85-78-56-60-80(61-57-78,87-93(25-7,26-8)27-9)72-48-52-74(53-49-72)82(89-95(31-13,32-14)33-15)64-66-83(67-65-82,90-96(34-16,35-17)36-18)75-54-50-73(51-55-75)81(88-94(28-10,29-11)30-12)62-58-79(59-63-81,86-92(22-4,23-5)24-6)71-46-42-69(43-47-71)77-39-37-38-76(84-77)68-40-44-70(78)45-41-68/h37-67H,19-36H2,1-18H3. The maximum atomic E-state index is 7.98. The Morgan fingerprint density at radius 3 is 0.479 bits per heavy atom. The first kappa shape index (κ1) is 75.7. The second kappa shape index (κ2) is 30.8. The summed E-state index contributed by atoms with van der Waals surface area (Å²) in [4.78, 5) is 5.41. The second-order valence-corrected chi connectivity index (χ2v) is 56.7. The second-order valence-electron chi connectivity index (χ2n) is 28.6. The third kappa shape index (κ3) is 14.3. The van der Waals surface area contributed by atoms with Crippen LogP contribution in [0.1, 0.15) is 158 Å². The van der Waals surface area contributed by atoms with Gasteiger partial charge in [0.05, 0.1) is 11.4 Å². The van der Waals surface area contributed by atoms with Gasteiger partial charge in [-0.1, -0.05) is 228 Å². The topological polar surface area (TPSA) is 68.3 Å². The molecule has 0 saturated carbocycles. The van der Waals surface area contributed by atoms with Crippen molar-refractivity contribution in [3.05, 3.63) is 222 Å². The van der Waals surface area contributed by atoms with Gasteiger partial charge in [0.2, 0.25) is 0 Å². The molecule has 4 aromatic carbocycles. The highest BCUT2D eigenvalue weighted by Gasteiger charge is 2.51. The van der Waals surface area contributed by atoms with Crippen LogP contribution < -0.4 is 0 Å². The summed E-state index contributed by atoms with van der Waals surface area (Å²) in [6.07, 6.45) is 28.5. The number of hydrogen-bond acceptors (Lipinski definition) is 7. The van der Waals surface area contributed by atoms with Crippen LogP contribution in [0.3, 0.4) is 0 Å². The van der Waals surface area contributed by atoms with Crippen molar-refractivity contribution >= 4 is 49.9 Å². The zero-order valence-electron chi connectivity index (χ0n) is 62.5. The molecule has 1 aromatic heterocycles. The van der Waals surface area contributed by atoms with Crippen molar-refractivity contribution in [1.82, 2.24) is 4.98 Å². The molecule has 5 aromatic rings. The lowest BCUT2D eigenvalue weighted by atomic mass is 9.78. The van der Waals surface area contributed by atoms with Crippen molar-refractivity contribution in [1.29, 1.82) is 0 Å².